The topological polar surface area (TPSA) is 125 Å². The largest absolute Gasteiger partial charge is 0.388 e. The molecule has 0 aromatic carbocycles. The van der Waals surface area contributed by atoms with Crippen LogP contribution in [0.2, 0.25) is 0 Å². The molecular formula is C10H14N2O6. The monoisotopic (exact) mass is 258 g/mol. The molecule has 18 heavy (non-hydrogen) atoms. The van der Waals surface area contributed by atoms with Crippen LogP contribution in [-0.4, -0.2) is 49.8 Å². The van der Waals surface area contributed by atoms with Crippen molar-refractivity contribution in [2.24, 2.45) is 0 Å². The molecule has 1 aromatic rings. The average molecular weight is 258 g/mol. The highest BCUT2D eigenvalue weighted by Gasteiger charge is 2.39. The van der Waals surface area contributed by atoms with Gasteiger partial charge in [-0.15, -0.1) is 0 Å². The summed E-state index contributed by atoms with van der Waals surface area (Å²) in [6.45, 7) is 1.28. The summed E-state index contributed by atoms with van der Waals surface area (Å²) >= 11 is 0. The van der Waals surface area contributed by atoms with Crippen molar-refractivity contribution < 1.29 is 20.1 Å². The zero-order valence-electron chi connectivity index (χ0n) is 9.61. The van der Waals surface area contributed by atoms with Crippen molar-refractivity contribution in [2.45, 2.75) is 31.5 Å². The molecule has 0 spiro atoms. The third-order valence-electron chi connectivity index (χ3n) is 2.89. The molecule has 0 amide bonds. The summed E-state index contributed by atoms with van der Waals surface area (Å²) in [5, 5.41) is 28.6. The Balaban J connectivity index is 2.41. The number of aryl methyl sites for hydroxylation is 1. The summed E-state index contributed by atoms with van der Waals surface area (Å²) in [5.41, 5.74) is -1.01. The van der Waals surface area contributed by atoms with Crippen LogP contribution >= 0.6 is 0 Å². The number of rotatable bonds is 1. The quantitative estimate of drug-likeness (QED) is 0.440. The van der Waals surface area contributed by atoms with Crippen LogP contribution in [0.25, 0.3) is 0 Å². The van der Waals surface area contributed by atoms with Crippen molar-refractivity contribution in [1.82, 2.24) is 9.55 Å². The van der Waals surface area contributed by atoms with Gasteiger partial charge in [0.25, 0.3) is 5.56 Å². The molecule has 0 aliphatic carbocycles. The number of aromatic nitrogens is 2. The number of hydrogen-bond donors (Lipinski definition) is 4. The van der Waals surface area contributed by atoms with Crippen molar-refractivity contribution in [2.75, 3.05) is 6.61 Å². The van der Waals surface area contributed by atoms with E-state index in [1.807, 2.05) is 0 Å². The van der Waals surface area contributed by atoms with E-state index in [1.165, 1.54) is 13.1 Å². The van der Waals surface area contributed by atoms with Crippen molar-refractivity contribution >= 4 is 0 Å². The summed E-state index contributed by atoms with van der Waals surface area (Å²) in [5.74, 6) is 0. The number of nitrogens with one attached hydrogen (secondary N) is 1. The maximum Gasteiger partial charge on any atom is 0.330 e. The van der Waals surface area contributed by atoms with E-state index in [-0.39, 0.29) is 12.2 Å². The molecule has 1 fully saturated rings. The molecule has 2 rings (SSSR count). The molecule has 1 aliphatic heterocycles. The molecule has 0 saturated carbocycles. The minimum absolute atomic E-state index is 0.215. The van der Waals surface area contributed by atoms with Crippen molar-refractivity contribution in [3.8, 4) is 0 Å². The van der Waals surface area contributed by atoms with Gasteiger partial charge in [-0.05, 0) is 6.92 Å². The Labute approximate surface area is 101 Å². The summed E-state index contributed by atoms with van der Waals surface area (Å²) in [6, 6.07) is 0. The van der Waals surface area contributed by atoms with Gasteiger partial charge in [0.15, 0.2) is 6.23 Å². The minimum atomic E-state index is -1.46. The average Bonchev–Trinajstić information content (AvgIpc) is 2.32. The minimum Gasteiger partial charge on any atom is -0.388 e. The molecule has 1 aliphatic rings. The third-order valence-corrected chi connectivity index (χ3v) is 2.89. The number of nitrogens with zero attached hydrogens (tertiary/aromatic N) is 1. The molecule has 0 unspecified atom stereocenters. The molecule has 1 saturated heterocycles. The van der Waals surface area contributed by atoms with Gasteiger partial charge in [-0.3, -0.25) is 14.3 Å². The molecule has 8 heteroatoms. The Kier molecular flexibility index (Phi) is 3.35. The Morgan fingerprint density at radius 3 is 2.67 bits per heavy atom. The number of aliphatic hydroxyl groups is 3. The van der Waals surface area contributed by atoms with Gasteiger partial charge >= 0.3 is 5.69 Å². The summed E-state index contributed by atoms with van der Waals surface area (Å²) in [7, 11) is 0. The standard InChI is InChI=1S/C10H14N2O6/c1-4-2-12(10(17)11-8(4)16)9-7(15)6(14)5(13)3-18-9/h2,5-7,9,13-15H,3H2,1H3,(H,11,16,17)/t5-,6+,7-,9-/m1/s1. The first-order valence-electron chi connectivity index (χ1n) is 5.39. The van der Waals surface area contributed by atoms with E-state index in [1.54, 1.807) is 0 Å². The SMILES string of the molecule is Cc1cn([C@@H]2OC[C@@H](O)[C@H](O)[C@H]2O)c(=O)[nH]c1=O. The number of hydrogen-bond acceptors (Lipinski definition) is 6. The fourth-order valence-electron chi connectivity index (χ4n) is 1.81. The lowest BCUT2D eigenvalue weighted by Gasteiger charge is -2.35. The van der Waals surface area contributed by atoms with Gasteiger partial charge in [0.2, 0.25) is 0 Å². The lowest BCUT2D eigenvalue weighted by Crippen LogP contribution is -2.52. The maximum absolute atomic E-state index is 11.6. The van der Waals surface area contributed by atoms with Crippen LogP contribution in [0.15, 0.2) is 15.8 Å². The van der Waals surface area contributed by atoms with E-state index in [0.29, 0.717) is 0 Å². The van der Waals surface area contributed by atoms with Gasteiger partial charge in [0.1, 0.15) is 18.3 Å². The van der Waals surface area contributed by atoms with E-state index >= 15 is 0 Å². The lowest BCUT2D eigenvalue weighted by atomic mass is 10.0. The van der Waals surface area contributed by atoms with Crippen LogP contribution in [0.1, 0.15) is 11.8 Å². The Morgan fingerprint density at radius 2 is 2.00 bits per heavy atom. The molecule has 8 nitrogen and oxygen atoms in total. The number of ether oxygens (including phenoxy) is 1. The fraction of sp³-hybridized carbons (Fsp3) is 0.600. The molecule has 4 atom stereocenters. The zero-order valence-corrected chi connectivity index (χ0v) is 9.61. The smallest absolute Gasteiger partial charge is 0.330 e. The van der Waals surface area contributed by atoms with Crippen LogP contribution in [0.5, 0.6) is 0 Å². The summed E-state index contributed by atoms with van der Waals surface area (Å²) in [6.07, 6.45) is -4.00. The second-order valence-corrected chi connectivity index (χ2v) is 4.25. The van der Waals surface area contributed by atoms with Crippen LogP contribution in [0.4, 0.5) is 0 Å². The first-order chi connectivity index (χ1) is 8.41. The summed E-state index contributed by atoms with van der Waals surface area (Å²) in [4.78, 5) is 24.9. The van der Waals surface area contributed by atoms with Crippen molar-refractivity contribution in [1.29, 1.82) is 0 Å². The van der Waals surface area contributed by atoms with Gasteiger partial charge in [0.05, 0.1) is 6.61 Å². The van der Waals surface area contributed by atoms with Crippen LogP contribution in [0.3, 0.4) is 0 Å². The van der Waals surface area contributed by atoms with E-state index in [4.69, 9.17) is 4.74 Å². The van der Waals surface area contributed by atoms with Crippen LogP contribution in [-0.2, 0) is 4.74 Å². The Hall–Kier alpha value is -1.48. The van der Waals surface area contributed by atoms with Gasteiger partial charge in [-0.1, -0.05) is 0 Å². The molecule has 100 valence electrons. The van der Waals surface area contributed by atoms with Crippen molar-refractivity contribution in [3.05, 3.63) is 32.6 Å². The highest BCUT2D eigenvalue weighted by molar-refractivity contribution is 5.02. The van der Waals surface area contributed by atoms with Crippen molar-refractivity contribution in [3.63, 3.8) is 0 Å². The van der Waals surface area contributed by atoms with E-state index < -0.39 is 35.8 Å². The molecule has 1 aromatic heterocycles. The second-order valence-electron chi connectivity index (χ2n) is 4.25. The first kappa shape index (κ1) is 13.0. The fourth-order valence-corrected chi connectivity index (χ4v) is 1.81. The predicted molar refractivity (Wildman–Crippen MR) is 59.1 cm³/mol. The van der Waals surface area contributed by atoms with Gasteiger partial charge in [-0.25, -0.2) is 4.79 Å². The Morgan fingerprint density at radius 1 is 1.33 bits per heavy atom. The van der Waals surface area contributed by atoms with E-state index in [2.05, 4.69) is 4.98 Å². The predicted octanol–water partition coefficient (Wildman–Crippen LogP) is -2.54. The second kappa shape index (κ2) is 4.65. The molecule has 0 bridgehead atoms. The lowest BCUT2D eigenvalue weighted by molar-refractivity contribution is -0.212. The molecular weight excluding hydrogens is 244 g/mol. The zero-order chi connectivity index (χ0) is 13.4. The normalized spacial score (nSPS) is 32.4. The van der Waals surface area contributed by atoms with Gasteiger partial charge in [-0.2, -0.15) is 0 Å². The highest BCUT2D eigenvalue weighted by Crippen LogP contribution is 2.22. The number of aliphatic hydroxyl groups excluding tert-OH is 3. The third kappa shape index (κ3) is 2.10. The molecule has 0 radical (unpaired) electrons. The highest BCUT2D eigenvalue weighted by atomic mass is 16.5. The maximum atomic E-state index is 11.6. The summed E-state index contributed by atoms with van der Waals surface area (Å²) < 4.78 is 6.10. The van der Waals surface area contributed by atoms with Gasteiger partial charge in [0, 0.05) is 11.8 Å². The Bertz CT molecular complexity index is 550. The number of aromatic amines is 1. The van der Waals surface area contributed by atoms with Crippen LogP contribution < -0.4 is 11.2 Å². The van der Waals surface area contributed by atoms with Crippen LogP contribution in [0, 0.1) is 6.92 Å². The first-order valence-corrected chi connectivity index (χ1v) is 5.39. The molecule has 4 N–H and O–H groups in total. The number of H-pyrrole nitrogens is 1. The van der Waals surface area contributed by atoms with E-state index in [9.17, 15) is 24.9 Å². The van der Waals surface area contributed by atoms with E-state index in [0.717, 1.165) is 4.57 Å². The molecule has 2 heterocycles. The van der Waals surface area contributed by atoms with Gasteiger partial charge < -0.3 is 20.1 Å².